The predicted octanol–water partition coefficient (Wildman–Crippen LogP) is 3.33. The van der Waals surface area contributed by atoms with Crippen molar-refractivity contribution < 1.29 is 14.3 Å². The number of hydrogen-bond acceptors (Lipinski definition) is 4. The first-order valence-corrected chi connectivity index (χ1v) is 10.5. The molecule has 3 fully saturated rings. The van der Waals surface area contributed by atoms with Crippen LogP contribution in [0.1, 0.15) is 55.3 Å². The molecule has 1 unspecified atom stereocenters. The van der Waals surface area contributed by atoms with E-state index in [2.05, 4.69) is 4.90 Å². The minimum absolute atomic E-state index is 0.0168. The third kappa shape index (κ3) is 4.14. The van der Waals surface area contributed by atoms with Crippen LogP contribution in [0, 0.1) is 0 Å². The molecule has 0 bridgehead atoms. The summed E-state index contributed by atoms with van der Waals surface area (Å²) in [4.78, 5) is 17.5. The van der Waals surface area contributed by atoms with E-state index >= 15 is 0 Å². The van der Waals surface area contributed by atoms with E-state index in [1.54, 1.807) is 7.11 Å². The number of methoxy groups -OCH3 is 1. The average Bonchev–Trinajstić information content (AvgIpc) is 2.75. The molecule has 0 N–H and O–H groups in total. The van der Waals surface area contributed by atoms with E-state index in [1.165, 1.54) is 32.4 Å². The topological polar surface area (TPSA) is 42.0 Å². The van der Waals surface area contributed by atoms with E-state index in [0.29, 0.717) is 6.04 Å². The van der Waals surface area contributed by atoms with Crippen molar-refractivity contribution in [2.75, 3.05) is 39.9 Å². The lowest BCUT2D eigenvalue weighted by Gasteiger charge is -2.49. The van der Waals surface area contributed by atoms with Crippen LogP contribution < -0.4 is 4.74 Å². The largest absolute Gasteiger partial charge is 0.497 e. The van der Waals surface area contributed by atoms with Crippen molar-refractivity contribution in [3.05, 3.63) is 29.8 Å². The van der Waals surface area contributed by atoms with Gasteiger partial charge in [-0.05, 0) is 75.9 Å². The number of hydrogen-bond donors (Lipinski definition) is 0. The van der Waals surface area contributed by atoms with Crippen molar-refractivity contribution in [2.24, 2.45) is 0 Å². The standard InChI is InChI=1S/C22H32N2O3/c1-26-20-7-5-18(6-8-20)21(25)24-14-10-22(11-15-24)17-19(9-16-27-22)23-12-3-2-4-13-23/h5-8,19H,2-4,9-17H2,1H3. The molecule has 1 spiro atoms. The van der Waals surface area contributed by atoms with E-state index < -0.39 is 0 Å². The van der Waals surface area contributed by atoms with Gasteiger partial charge in [-0.3, -0.25) is 4.79 Å². The lowest BCUT2D eigenvalue weighted by atomic mass is 9.81. The Kier molecular flexibility index (Phi) is 5.69. The Hall–Kier alpha value is -1.59. The Bertz CT molecular complexity index is 631. The van der Waals surface area contributed by atoms with Gasteiger partial charge >= 0.3 is 0 Å². The van der Waals surface area contributed by atoms with E-state index in [-0.39, 0.29) is 11.5 Å². The Morgan fingerprint density at radius 1 is 1.07 bits per heavy atom. The minimum atomic E-state index is -0.0168. The Balaban J connectivity index is 1.35. The van der Waals surface area contributed by atoms with Crippen LogP contribution in [-0.2, 0) is 4.74 Å². The van der Waals surface area contributed by atoms with Crippen LogP contribution in [0.3, 0.4) is 0 Å². The molecule has 1 amide bonds. The molecule has 27 heavy (non-hydrogen) atoms. The molecule has 0 saturated carbocycles. The quantitative estimate of drug-likeness (QED) is 0.816. The number of amides is 1. The number of ether oxygens (including phenoxy) is 2. The molecule has 1 aromatic carbocycles. The summed E-state index contributed by atoms with van der Waals surface area (Å²) in [5.74, 6) is 0.902. The number of carbonyl (C=O) groups excluding carboxylic acids is 1. The highest BCUT2D eigenvalue weighted by atomic mass is 16.5. The fraction of sp³-hybridized carbons (Fsp3) is 0.682. The zero-order valence-corrected chi connectivity index (χ0v) is 16.5. The summed E-state index contributed by atoms with van der Waals surface area (Å²) < 4.78 is 11.5. The van der Waals surface area contributed by atoms with Gasteiger partial charge in [-0.15, -0.1) is 0 Å². The van der Waals surface area contributed by atoms with Crippen molar-refractivity contribution in [3.63, 3.8) is 0 Å². The first-order chi connectivity index (χ1) is 13.2. The molecular formula is C22H32N2O3. The van der Waals surface area contributed by atoms with Crippen molar-refractivity contribution in [3.8, 4) is 5.75 Å². The zero-order chi connectivity index (χ0) is 18.7. The molecule has 3 heterocycles. The third-order valence-electron chi connectivity index (χ3n) is 6.67. The summed E-state index contributed by atoms with van der Waals surface area (Å²) in [6.07, 6.45) is 8.28. The highest BCUT2D eigenvalue weighted by Gasteiger charge is 2.42. The maximum atomic E-state index is 12.8. The SMILES string of the molecule is COc1ccc(C(=O)N2CCC3(CC2)CC(N2CCCCC2)CCO3)cc1. The predicted molar refractivity (Wildman–Crippen MR) is 105 cm³/mol. The number of carbonyl (C=O) groups is 1. The van der Waals surface area contributed by atoms with Crippen molar-refractivity contribution in [1.82, 2.24) is 9.80 Å². The fourth-order valence-electron chi connectivity index (χ4n) is 4.98. The highest BCUT2D eigenvalue weighted by molar-refractivity contribution is 5.94. The molecule has 1 atom stereocenters. The van der Waals surface area contributed by atoms with Gasteiger partial charge in [0.05, 0.1) is 12.7 Å². The average molecular weight is 373 g/mol. The number of likely N-dealkylation sites (tertiary alicyclic amines) is 2. The van der Waals surface area contributed by atoms with Gasteiger partial charge < -0.3 is 19.3 Å². The van der Waals surface area contributed by atoms with Gasteiger partial charge in [0, 0.05) is 31.3 Å². The van der Waals surface area contributed by atoms with Crippen LogP contribution in [0.5, 0.6) is 5.75 Å². The van der Waals surface area contributed by atoms with Gasteiger partial charge in [-0.2, -0.15) is 0 Å². The molecule has 3 aliphatic heterocycles. The van der Waals surface area contributed by atoms with Crippen molar-refractivity contribution in [1.29, 1.82) is 0 Å². The number of piperidine rings is 2. The van der Waals surface area contributed by atoms with E-state index in [0.717, 1.165) is 56.7 Å². The molecule has 3 aliphatic rings. The van der Waals surface area contributed by atoms with Crippen LogP contribution >= 0.6 is 0 Å². The smallest absolute Gasteiger partial charge is 0.253 e. The third-order valence-corrected chi connectivity index (χ3v) is 6.67. The van der Waals surface area contributed by atoms with E-state index in [4.69, 9.17) is 9.47 Å². The molecule has 1 aromatic rings. The van der Waals surface area contributed by atoms with Crippen LogP contribution in [-0.4, -0.2) is 67.2 Å². The lowest BCUT2D eigenvalue weighted by molar-refractivity contribution is -0.131. The van der Waals surface area contributed by atoms with Crippen molar-refractivity contribution in [2.45, 2.75) is 56.6 Å². The summed E-state index contributed by atoms with van der Waals surface area (Å²) in [6, 6.07) is 8.09. The second-order valence-corrected chi connectivity index (χ2v) is 8.30. The van der Waals surface area contributed by atoms with Gasteiger partial charge in [0.2, 0.25) is 0 Å². The molecule has 5 nitrogen and oxygen atoms in total. The molecule has 0 radical (unpaired) electrons. The molecule has 148 valence electrons. The monoisotopic (exact) mass is 372 g/mol. The first-order valence-electron chi connectivity index (χ1n) is 10.5. The lowest BCUT2D eigenvalue weighted by Crippen LogP contribution is -2.55. The summed E-state index contributed by atoms with van der Waals surface area (Å²) in [5.41, 5.74) is 0.722. The summed E-state index contributed by atoms with van der Waals surface area (Å²) >= 11 is 0. The molecular weight excluding hydrogens is 340 g/mol. The van der Waals surface area contributed by atoms with Crippen LogP contribution in [0.25, 0.3) is 0 Å². The highest BCUT2D eigenvalue weighted by Crippen LogP contribution is 2.37. The summed E-state index contributed by atoms with van der Waals surface area (Å²) in [5, 5.41) is 0. The molecule has 4 rings (SSSR count). The van der Waals surface area contributed by atoms with Gasteiger partial charge in [-0.1, -0.05) is 6.42 Å². The maximum absolute atomic E-state index is 12.8. The van der Waals surface area contributed by atoms with Crippen molar-refractivity contribution >= 4 is 5.91 Å². The van der Waals surface area contributed by atoms with Gasteiger partial charge in [0.25, 0.3) is 5.91 Å². The Morgan fingerprint density at radius 2 is 1.78 bits per heavy atom. The zero-order valence-electron chi connectivity index (χ0n) is 16.5. The number of rotatable bonds is 3. The van der Waals surface area contributed by atoms with E-state index in [9.17, 15) is 4.79 Å². The molecule has 3 saturated heterocycles. The summed E-state index contributed by atoms with van der Waals surface area (Å²) in [6.45, 7) is 4.95. The number of nitrogens with zero attached hydrogens (tertiary/aromatic N) is 2. The minimum Gasteiger partial charge on any atom is -0.497 e. The number of benzene rings is 1. The van der Waals surface area contributed by atoms with E-state index in [1.807, 2.05) is 29.2 Å². The normalized spacial score (nSPS) is 26.1. The van der Waals surface area contributed by atoms with Crippen LogP contribution in [0.15, 0.2) is 24.3 Å². The Labute approximate surface area is 162 Å². The maximum Gasteiger partial charge on any atom is 0.253 e. The second-order valence-electron chi connectivity index (χ2n) is 8.30. The van der Waals surface area contributed by atoms with Gasteiger partial charge in [0.1, 0.15) is 5.75 Å². The van der Waals surface area contributed by atoms with Gasteiger partial charge in [0.15, 0.2) is 0 Å². The summed E-state index contributed by atoms with van der Waals surface area (Å²) in [7, 11) is 1.64. The first kappa shape index (κ1) is 18.8. The molecule has 5 heteroatoms. The van der Waals surface area contributed by atoms with Crippen LogP contribution in [0.2, 0.25) is 0 Å². The Morgan fingerprint density at radius 3 is 2.44 bits per heavy atom. The molecule has 0 aliphatic carbocycles. The fourth-order valence-corrected chi connectivity index (χ4v) is 4.98. The van der Waals surface area contributed by atoms with Gasteiger partial charge in [-0.25, -0.2) is 0 Å². The van der Waals surface area contributed by atoms with Crippen LogP contribution in [0.4, 0.5) is 0 Å². The second kappa shape index (κ2) is 8.19. The molecule has 0 aromatic heterocycles.